The molecular formula is C20H17I2NO2SSi. The molecule has 0 unspecified atom stereocenters. The SMILES string of the molecule is CC[Si]1(CC)C2=CC(=O)C=CC2=Nc2ccc(O)c(-c3sc(I)cc3I)c21. The third kappa shape index (κ3) is 3.01. The lowest BCUT2D eigenvalue weighted by atomic mass is 10.1. The molecule has 4 rings (SSSR count). The first-order valence-electron chi connectivity index (χ1n) is 8.76. The molecule has 2 aliphatic rings. The number of phenols is 1. The summed E-state index contributed by atoms with van der Waals surface area (Å²) in [6.45, 7) is 4.42. The summed E-state index contributed by atoms with van der Waals surface area (Å²) >= 11 is 6.38. The molecule has 1 N–H and O–H groups in total. The minimum absolute atomic E-state index is 0.0353. The molecule has 0 bridgehead atoms. The smallest absolute Gasteiger partial charge is 0.178 e. The number of halogens is 2. The molecular weight excluding hydrogens is 600 g/mol. The third-order valence-electron chi connectivity index (χ3n) is 5.46. The van der Waals surface area contributed by atoms with Crippen LogP contribution < -0.4 is 5.19 Å². The number of allylic oxidation sites excluding steroid dienone is 4. The summed E-state index contributed by atoms with van der Waals surface area (Å²) < 4.78 is 2.34. The van der Waals surface area contributed by atoms with Crippen molar-refractivity contribution in [2.24, 2.45) is 4.99 Å². The molecule has 2 aromatic rings. The van der Waals surface area contributed by atoms with Crippen molar-refractivity contribution in [1.82, 2.24) is 0 Å². The number of aromatic hydroxyl groups is 1. The molecule has 0 atom stereocenters. The second-order valence-electron chi connectivity index (χ2n) is 6.66. The van der Waals surface area contributed by atoms with Gasteiger partial charge in [0, 0.05) is 9.13 Å². The largest absolute Gasteiger partial charge is 0.507 e. The Kier molecular flexibility index (Phi) is 5.23. The van der Waals surface area contributed by atoms with Gasteiger partial charge in [-0.3, -0.25) is 4.79 Å². The number of thiophene rings is 1. The van der Waals surface area contributed by atoms with Crippen LogP contribution in [0, 0.1) is 6.45 Å². The molecule has 0 spiro atoms. The Hall–Kier alpha value is -0.783. The van der Waals surface area contributed by atoms with Crippen molar-refractivity contribution in [3.63, 3.8) is 0 Å². The number of nitrogens with zero attached hydrogens (tertiary/aromatic N) is 1. The molecule has 0 amide bonds. The van der Waals surface area contributed by atoms with Gasteiger partial charge >= 0.3 is 0 Å². The highest BCUT2D eigenvalue weighted by molar-refractivity contribution is 14.1. The van der Waals surface area contributed by atoms with Gasteiger partial charge in [-0.2, -0.15) is 0 Å². The second kappa shape index (κ2) is 7.23. The summed E-state index contributed by atoms with van der Waals surface area (Å²) in [4.78, 5) is 18.2. The van der Waals surface area contributed by atoms with Crippen LogP contribution >= 0.6 is 56.5 Å². The van der Waals surface area contributed by atoms with Crippen molar-refractivity contribution >= 4 is 87.0 Å². The van der Waals surface area contributed by atoms with Gasteiger partial charge in [0.1, 0.15) is 13.8 Å². The van der Waals surface area contributed by atoms with E-state index in [2.05, 4.69) is 65.1 Å². The Balaban J connectivity index is 2.13. The standard InChI is InChI=1S/C20H17I2NO2SSi/c1-3-27(4-2)16-9-11(24)5-6-13(16)23-14-7-8-15(25)18(20(14)27)19-12(21)10-17(22)26-19/h5-10,25H,3-4H2,1-2H3. The summed E-state index contributed by atoms with van der Waals surface area (Å²) in [5, 5.41) is 13.2. The van der Waals surface area contributed by atoms with Gasteiger partial charge in [-0.25, -0.2) is 4.99 Å². The predicted octanol–water partition coefficient (Wildman–Crippen LogP) is 5.72. The van der Waals surface area contributed by atoms with Crippen LogP contribution in [0.15, 0.2) is 46.6 Å². The maximum absolute atomic E-state index is 12.2. The first-order valence-corrected chi connectivity index (χ1v) is 14.1. The number of phenolic OH excluding ortho intramolecular Hbond substituents is 1. The number of ketones is 1. The van der Waals surface area contributed by atoms with Gasteiger partial charge in [-0.15, -0.1) is 11.3 Å². The molecule has 1 aromatic heterocycles. The van der Waals surface area contributed by atoms with Crippen LogP contribution in [-0.2, 0) is 4.79 Å². The van der Waals surface area contributed by atoms with Gasteiger partial charge in [0.05, 0.1) is 19.2 Å². The van der Waals surface area contributed by atoms with E-state index in [-0.39, 0.29) is 5.78 Å². The molecule has 138 valence electrons. The topological polar surface area (TPSA) is 49.7 Å². The quantitative estimate of drug-likeness (QED) is 0.273. The van der Waals surface area contributed by atoms with Crippen LogP contribution in [0.3, 0.4) is 0 Å². The highest BCUT2D eigenvalue weighted by atomic mass is 127. The van der Waals surface area contributed by atoms with Crippen molar-refractivity contribution in [3.05, 3.63) is 48.1 Å². The van der Waals surface area contributed by atoms with E-state index in [9.17, 15) is 9.90 Å². The third-order valence-corrected chi connectivity index (χ3v) is 13.9. The lowest BCUT2D eigenvalue weighted by molar-refractivity contribution is -0.110. The van der Waals surface area contributed by atoms with Crippen molar-refractivity contribution in [3.8, 4) is 16.2 Å². The minimum atomic E-state index is -2.23. The Morgan fingerprint density at radius 3 is 2.56 bits per heavy atom. The number of carbonyl (C=O) groups excluding carboxylic acids is 1. The monoisotopic (exact) mass is 617 g/mol. The van der Waals surface area contributed by atoms with Crippen molar-refractivity contribution in [2.75, 3.05) is 0 Å². The van der Waals surface area contributed by atoms with Crippen molar-refractivity contribution in [1.29, 1.82) is 0 Å². The van der Waals surface area contributed by atoms with E-state index < -0.39 is 8.07 Å². The molecule has 0 fully saturated rings. The van der Waals surface area contributed by atoms with E-state index >= 15 is 0 Å². The fourth-order valence-corrected chi connectivity index (χ4v) is 12.4. The Labute approximate surface area is 190 Å². The molecule has 7 heteroatoms. The second-order valence-corrected chi connectivity index (χ2v) is 15.4. The number of fused-ring (bicyclic) bond motifs is 2. The molecule has 0 saturated carbocycles. The van der Waals surface area contributed by atoms with E-state index in [1.807, 2.05) is 12.1 Å². The predicted molar refractivity (Wildman–Crippen MR) is 133 cm³/mol. The number of hydrogen-bond donors (Lipinski definition) is 1. The zero-order valence-electron chi connectivity index (χ0n) is 14.8. The van der Waals surface area contributed by atoms with Gasteiger partial charge in [-0.1, -0.05) is 25.9 Å². The number of aliphatic imine (C=N–C) groups is 1. The molecule has 0 radical (unpaired) electrons. The van der Waals surface area contributed by atoms with E-state index in [1.54, 1.807) is 29.6 Å². The zero-order valence-corrected chi connectivity index (χ0v) is 21.0. The van der Waals surface area contributed by atoms with Gasteiger partial charge in [-0.05, 0) is 92.0 Å². The number of benzene rings is 1. The molecule has 1 aliphatic carbocycles. The maximum Gasteiger partial charge on any atom is 0.178 e. The number of hydrogen-bond acceptors (Lipinski definition) is 4. The highest BCUT2D eigenvalue weighted by Gasteiger charge is 2.45. The van der Waals surface area contributed by atoms with Crippen LogP contribution in [0.1, 0.15) is 13.8 Å². The van der Waals surface area contributed by atoms with Crippen molar-refractivity contribution in [2.45, 2.75) is 25.9 Å². The van der Waals surface area contributed by atoms with Crippen LogP contribution in [0.25, 0.3) is 10.4 Å². The fraction of sp³-hybridized carbons (Fsp3) is 0.200. The van der Waals surface area contributed by atoms with Crippen LogP contribution in [0.5, 0.6) is 5.75 Å². The first kappa shape index (κ1) is 19.5. The minimum Gasteiger partial charge on any atom is -0.507 e. The number of carbonyl (C=O) groups is 1. The summed E-state index contributed by atoms with van der Waals surface area (Å²) in [5.41, 5.74) is 2.79. The average Bonchev–Trinajstić information content (AvgIpc) is 2.98. The first-order chi connectivity index (χ1) is 12.9. The average molecular weight is 617 g/mol. The molecule has 1 aromatic carbocycles. The zero-order chi connectivity index (χ0) is 19.3. The maximum atomic E-state index is 12.2. The summed E-state index contributed by atoms with van der Waals surface area (Å²) in [7, 11) is -2.23. The Morgan fingerprint density at radius 1 is 1.19 bits per heavy atom. The van der Waals surface area contributed by atoms with Crippen LogP contribution in [0.2, 0.25) is 12.1 Å². The molecule has 2 heterocycles. The normalized spacial score (nSPS) is 17.3. The summed E-state index contributed by atoms with van der Waals surface area (Å²) in [6, 6.07) is 7.78. The van der Waals surface area contributed by atoms with Crippen LogP contribution in [-0.4, -0.2) is 24.7 Å². The molecule has 0 saturated heterocycles. The summed E-state index contributed by atoms with van der Waals surface area (Å²) in [6.07, 6.45) is 5.25. The van der Waals surface area contributed by atoms with Gasteiger partial charge < -0.3 is 5.11 Å². The fourth-order valence-electron chi connectivity index (χ4n) is 4.14. The van der Waals surface area contributed by atoms with Gasteiger partial charge in [0.25, 0.3) is 0 Å². The van der Waals surface area contributed by atoms with E-state index in [4.69, 9.17) is 4.99 Å². The van der Waals surface area contributed by atoms with E-state index in [0.717, 1.165) is 42.7 Å². The van der Waals surface area contributed by atoms with Crippen LogP contribution in [0.4, 0.5) is 5.69 Å². The number of rotatable bonds is 3. The molecule has 3 nitrogen and oxygen atoms in total. The van der Waals surface area contributed by atoms with Gasteiger partial charge in [0.2, 0.25) is 0 Å². The molecule has 1 aliphatic heterocycles. The Bertz CT molecular complexity index is 1060. The van der Waals surface area contributed by atoms with Crippen molar-refractivity contribution < 1.29 is 9.90 Å². The lowest BCUT2D eigenvalue weighted by Crippen LogP contribution is -2.54. The van der Waals surface area contributed by atoms with E-state index in [1.165, 1.54) is 8.07 Å². The molecule has 27 heavy (non-hydrogen) atoms. The lowest BCUT2D eigenvalue weighted by Gasteiger charge is -2.39. The Morgan fingerprint density at radius 2 is 1.93 bits per heavy atom. The van der Waals surface area contributed by atoms with Gasteiger partial charge in [0.15, 0.2) is 5.78 Å². The highest BCUT2D eigenvalue weighted by Crippen LogP contribution is 2.45. The van der Waals surface area contributed by atoms with E-state index in [0.29, 0.717) is 5.75 Å². The summed E-state index contributed by atoms with van der Waals surface area (Å²) in [5.74, 6) is 0.341.